The van der Waals surface area contributed by atoms with Gasteiger partial charge in [-0.25, -0.2) is 0 Å². The summed E-state index contributed by atoms with van der Waals surface area (Å²) in [7, 11) is 3.51. The number of aliphatic hydroxyl groups is 1. The lowest BCUT2D eigenvalue weighted by atomic mass is 9.79. The molecular weight excluding hydrogens is 332 g/mol. The van der Waals surface area contributed by atoms with Gasteiger partial charge >= 0.3 is 0 Å². The van der Waals surface area contributed by atoms with Gasteiger partial charge in [-0.1, -0.05) is 12.1 Å². The van der Waals surface area contributed by atoms with Crippen LogP contribution in [-0.2, 0) is 11.8 Å². The van der Waals surface area contributed by atoms with Crippen LogP contribution in [-0.4, -0.2) is 51.9 Å². The number of pyridine rings is 1. The fourth-order valence-electron chi connectivity index (χ4n) is 4.67. The standard InChI is InChI=1S/C20H24N2O4/c1-21-12-15(18(24)14-5-3-4-6-16(14)21)19(25)22-10-9-20(26-2)8-7-13(23)11-17(20)22/h3-6,12-13,17,23H,7-11H2,1-2H3/t13-,17+,20-/m1/s1. The first kappa shape index (κ1) is 17.2. The molecule has 2 heterocycles. The van der Waals surface area contributed by atoms with Crippen molar-refractivity contribution in [3.8, 4) is 0 Å². The first-order valence-corrected chi connectivity index (χ1v) is 9.09. The highest BCUT2D eigenvalue weighted by atomic mass is 16.5. The minimum atomic E-state index is -0.434. The number of aryl methyl sites for hydroxylation is 1. The van der Waals surface area contributed by atoms with Crippen molar-refractivity contribution in [1.82, 2.24) is 9.47 Å². The number of para-hydroxylation sites is 1. The van der Waals surface area contributed by atoms with Gasteiger partial charge in [0.05, 0.1) is 23.3 Å². The van der Waals surface area contributed by atoms with Crippen molar-refractivity contribution in [3.05, 3.63) is 46.2 Å². The third-order valence-corrected chi connectivity index (χ3v) is 6.15. The number of carbonyl (C=O) groups is 1. The van der Waals surface area contributed by atoms with Crippen LogP contribution in [0.5, 0.6) is 0 Å². The average molecular weight is 356 g/mol. The third-order valence-electron chi connectivity index (χ3n) is 6.15. The molecule has 3 atom stereocenters. The molecule has 2 aliphatic rings. The lowest BCUT2D eigenvalue weighted by Gasteiger charge is -2.42. The zero-order valence-corrected chi connectivity index (χ0v) is 15.1. The summed E-state index contributed by atoms with van der Waals surface area (Å²) in [6.07, 6.45) is 3.84. The van der Waals surface area contributed by atoms with Gasteiger partial charge in [0.25, 0.3) is 5.91 Å². The van der Waals surface area contributed by atoms with Gasteiger partial charge in [-0.2, -0.15) is 0 Å². The van der Waals surface area contributed by atoms with E-state index in [1.807, 2.05) is 23.7 Å². The van der Waals surface area contributed by atoms with Crippen LogP contribution in [0.4, 0.5) is 0 Å². The largest absolute Gasteiger partial charge is 0.393 e. The van der Waals surface area contributed by atoms with Gasteiger partial charge < -0.3 is 19.3 Å². The Hall–Kier alpha value is -2.18. The predicted molar refractivity (Wildman–Crippen MR) is 98.2 cm³/mol. The van der Waals surface area contributed by atoms with Crippen molar-refractivity contribution in [2.45, 2.75) is 43.4 Å². The molecule has 1 saturated carbocycles. The maximum absolute atomic E-state index is 13.3. The van der Waals surface area contributed by atoms with E-state index in [-0.39, 0.29) is 22.9 Å². The molecule has 0 bridgehead atoms. The van der Waals surface area contributed by atoms with Crippen LogP contribution >= 0.6 is 0 Å². The maximum Gasteiger partial charge on any atom is 0.259 e. The summed E-state index contributed by atoms with van der Waals surface area (Å²) >= 11 is 0. The molecule has 2 aromatic rings. The Morgan fingerprint density at radius 3 is 2.85 bits per heavy atom. The minimum Gasteiger partial charge on any atom is -0.393 e. The number of fused-ring (bicyclic) bond motifs is 2. The zero-order chi connectivity index (χ0) is 18.5. The van der Waals surface area contributed by atoms with Gasteiger partial charge in [0, 0.05) is 32.3 Å². The molecule has 4 rings (SSSR count). The number of likely N-dealkylation sites (tertiary alicyclic amines) is 1. The maximum atomic E-state index is 13.3. The number of nitrogens with zero attached hydrogens (tertiary/aromatic N) is 2. The van der Waals surface area contributed by atoms with Crippen LogP contribution < -0.4 is 5.43 Å². The molecule has 1 saturated heterocycles. The fraction of sp³-hybridized carbons (Fsp3) is 0.500. The number of aromatic nitrogens is 1. The van der Waals surface area contributed by atoms with Crippen molar-refractivity contribution >= 4 is 16.8 Å². The lowest BCUT2D eigenvalue weighted by Crippen LogP contribution is -2.53. The van der Waals surface area contributed by atoms with Crippen molar-refractivity contribution in [3.63, 3.8) is 0 Å². The molecule has 1 amide bonds. The monoisotopic (exact) mass is 356 g/mol. The van der Waals surface area contributed by atoms with Crippen LogP contribution in [0, 0.1) is 0 Å². The molecule has 1 N–H and O–H groups in total. The highest BCUT2D eigenvalue weighted by molar-refractivity contribution is 5.97. The third kappa shape index (κ3) is 2.47. The SMILES string of the molecule is CO[C@@]12CC[C@@H](O)C[C@@H]1N(C(=O)c1cn(C)c3ccccc3c1=O)CC2. The average Bonchev–Trinajstić information content (AvgIpc) is 3.03. The number of ether oxygens (including phenoxy) is 1. The zero-order valence-electron chi connectivity index (χ0n) is 15.1. The van der Waals surface area contributed by atoms with E-state index in [9.17, 15) is 14.7 Å². The molecule has 0 spiro atoms. The Morgan fingerprint density at radius 1 is 1.31 bits per heavy atom. The predicted octanol–water partition coefficient (Wildman–Crippen LogP) is 1.68. The molecule has 6 heteroatoms. The van der Waals surface area contributed by atoms with Crippen molar-refractivity contribution in [2.75, 3.05) is 13.7 Å². The van der Waals surface area contributed by atoms with Crippen molar-refractivity contribution in [1.29, 1.82) is 0 Å². The second-order valence-corrected chi connectivity index (χ2v) is 7.46. The van der Waals surface area contributed by atoms with Gasteiger partial charge in [0.2, 0.25) is 5.43 Å². The smallest absolute Gasteiger partial charge is 0.259 e. The Morgan fingerprint density at radius 2 is 2.08 bits per heavy atom. The first-order chi connectivity index (χ1) is 12.5. The number of benzene rings is 1. The molecular formula is C20H24N2O4. The first-order valence-electron chi connectivity index (χ1n) is 9.09. The summed E-state index contributed by atoms with van der Waals surface area (Å²) in [5, 5.41) is 10.7. The van der Waals surface area contributed by atoms with Crippen LogP contribution in [0.3, 0.4) is 0 Å². The van der Waals surface area contributed by atoms with Crippen LogP contribution in [0.1, 0.15) is 36.0 Å². The van der Waals surface area contributed by atoms with E-state index in [1.165, 1.54) is 0 Å². The summed E-state index contributed by atoms with van der Waals surface area (Å²) in [6, 6.07) is 7.11. The van der Waals surface area contributed by atoms with E-state index in [0.717, 1.165) is 18.4 Å². The molecule has 26 heavy (non-hydrogen) atoms. The molecule has 0 radical (unpaired) electrons. The Labute approximate surface area is 152 Å². The number of amides is 1. The van der Waals surface area contributed by atoms with Crippen LogP contribution in [0.2, 0.25) is 0 Å². The summed E-state index contributed by atoms with van der Waals surface area (Å²) in [5.74, 6) is -0.269. The number of hydrogen-bond acceptors (Lipinski definition) is 4. The molecule has 2 fully saturated rings. The molecule has 6 nitrogen and oxygen atoms in total. The lowest BCUT2D eigenvalue weighted by molar-refractivity contribution is -0.0824. The van der Waals surface area contributed by atoms with Gasteiger partial charge in [-0.15, -0.1) is 0 Å². The number of rotatable bonds is 2. The molecule has 1 aliphatic carbocycles. The second kappa shape index (κ2) is 6.21. The van der Waals surface area contributed by atoms with Gasteiger partial charge in [0.1, 0.15) is 5.56 Å². The summed E-state index contributed by atoms with van der Waals surface area (Å²) in [4.78, 5) is 27.9. The fourth-order valence-corrected chi connectivity index (χ4v) is 4.67. The van der Waals surface area contributed by atoms with Gasteiger partial charge in [-0.05, 0) is 37.8 Å². The van der Waals surface area contributed by atoms with E-state index in [0.29, 0.717) is 24.8 Å². The minimum absolute atomic E-state index is 0.179. The van der Waals surface area contributed by atoms with Crippen LogP contribution in [0.15, 0.2) is 35.3 Å². The Kier molecular flexibility index (Phi) is 4.12. The second-order valence-electron chi connectivity index (χ2n) is 7.46. The van der Waals surface area contributed by atoms with E-state index in [1.54, 1.807) is 30.3 Å². The topological polar surface area (TPSA) is 71.8 Å². The summed E-state index contributed by atoms with van der Waals surface area (Å²) < 4.78 is 7.62. The van der Waals surface area contributed by atoms with Gasteiger partial charge in [-0.3, -0.25) is 9.59 Å². The van der Waals surface area contributed by atoms with Crippen LogP contribution in [0.25, 0.3) is 10.9 Å². The quantitative estimate of drug-likeness (QED) is 0.889. The molecule has 1 aromatic heterocycles. The van der Waals surface area contributed by atoms with Gasteiger partial charge in [0.15, 0.2) is 0 Å². The number of aliphatic hydroxyl groups excluding tert-OH is 1. The summed E-state index contributed by atoms with van der Waals surface area (Å²) in [6.45, 7) is 0.542. The number of methoxy groups -OCH3 is 1. The molecule has 0 unspecified atom stereocenters. The van der Waals surface area contributed by atoms with E-state index in [2.05, 4.69) is 0 Å². The number of carbonyl (C=O) groups excluding carboxylic acids is 1. The summed E-state index contributed by atoms with van der Waals surface area (Å²) in [5.41, 5.74) is 0.333. The highest BCUT2D eigenvalue weighted by Gasteiger charge is 2.52. The molecule has 1 aliphatic heterocycles. The molecule has 1 aromatic carbocycles. The normalized spacial score (nSPS) is 28.3. The molecule has 138 valence electrons. The Bertz CT molecular complexity index is 922. The number of hydrogen-bond donors (Lipinski definition) is 1. The van der Waals surface area contributed by atoms with Crippen molar-refractivity contribution < 1.29 is 14.6 Å². The van der Waals surface area contributed by atoms with E-state index in [4.69, 9.17) is 4.74 Å². The van der Waals surface area contributed by atoms with Crippen molar-refractivity contribution in [2.24, 2.45) is 7.05 Å². The highest BCUT2D eigenvalue weighted by Crippen LogP contribution is 2.42. The van der Waals surface area contributed by atoms with E-state index < -0.39 is 11.7 Å². The Balaban J connectivity index is 1.76. The van der Waals surface area contributed by atoms with E-state index >= 15 is 0 Å².